The first-order chi connectivity index (χ1) is 10.1. The van der Waals surface area contributed by atoms with Crippen molar-refractivity contribution in [3.05, 3.63) is 0 Å². The van der Waals surface area contributed by atoms with Crippen molar-refractivity contribution in [2.45, 2.75) is 57.4 Å². The molecule has 0 aromatic rings. The number of hydrogen-bond acceptors (Lipinski definition) is 3. The van der Waals surface area contributed by atoms with Crippen LogP contribution in [0.25, 0.3) is 0 Å². The summed E-state index contributed by atoms with van der Waals surface area (Å²) >= 11 is 0. The molecule has 2 rings (SSSR count). The number of aliphatic carboxylic acids is 1. The molecule has 6 heteroatoms. The van der Waals surface area contributed by atoms with Crippen LogP contribution in [0.15, 0.2) is 0 Å². The van der Waals surface area contributed by atoms with Gasteiger partial charge in [0.25, 0.3) is 0 Å². The van der Waals surface area contributed by atoms with Gasteiger partial charge in [-0.25, -0.2) is 4.79 Å². The fraction of sp³-hybridized carbons (Fsp3) is 0.867. The predicted octanol–water partition coefficient (Wildman–Crippen LogP) is 1.58. The van der Waals surface area contributed by atoms with Gasteiger partial charge in [-0.2, -0.15) is 0 Å². The third-order valence-corrected chi connectivity index (χ3v) is 4.64. The molecule has 0 spiro atoms. The van der Waals surface area contributed by atoms with E-state index in [0.29, 0.717) is 13.1 Å². The van der Waals surface area contributed by atoms with E-state index in [1.54, 1.807) is 4.90 Å². The van der Waals surface area contributed by atoms with Gasteiger partial charge in [0.2, 0.25) is 0 Å². The van der Waals surface area contributed by atoms with E-state index in [9.17, 15) is 9.59 Å². The lowest BCUT2D eigenvalue weighted by Gasteiger charge is -2.37. The first-order valence-electron chi connectivity index (χ1n) is 7.93. The molecule has 120 valence electrons. The van der Waals surface area contributed by atoms with Crippen LogP contribution in [0.5, 0.6) is 0 Å². The summed E-state index contributed by atoms with van der Waals surface area (Å²) in [5, 5.41) is 21.1. The molecule has 0 atom stereocenters. The number of aliphatic hydroxyl groups is 1. The molecule has 0 aliphatic heterocycles. The van der Waals surface area contributed by atoms with Gasteiger partial charge < -0.3 is 20.4 Å². The van der Waals surface area contributed by atoms with Crippen molar-refractivity contribution in [1.82, 2.24) is 10.2 Å². The Labute approximate surface area is 125 Å². The van der Waals surface area contributed by atoms with Gasteiger partial charge in [-0.3, -0.25) is 4.79 Å². The van der Waals surface area contributed by atoms with Crippen LogP contribution in [-0.2, 0) is 4.79 Å². The van der Waals surface area contributed by atoms with Crippen LogP contribution >= 0.6 is 0 Å². The van der Waals surface area contributed by atoms with Gasteiger partial charge in [-0.05, 0) is 31.1 Å². The van der Waals surface area contributed by atoms with Crippen LogP contribution < -0.4 is 5.32 Å². The fourth-order valence-corrected chi connectivity index (χ4v) is 3.35. The minimum atomic E-state index is -0.791. The Morgan fingerprint density at radius 1 is 1.19 bits per heavy atom. The van der Waals surface area contributed by atoms with E-state index in [4.69, 9.17) is 10.2 Å². The van der Waals surface area contributed by atoms with E-state index in [2.05, 4.69) is 5.32 Å². The topological polar surface area (TPSA) is 89.9 Å². The van der Waals surface area contributed by atoms with Crippen molar-refractivity contribution in [2.75, 3.05) is 19.7 Å². The van der Waals surface area contributed by atoms with E-state index in [1.807, 2.05) is 0 Å². The fourth-order valence-electron chi connectivity index (χ4n) is 3.35. The van der Waals surface area contributed by atoms with Gasteiger partial charge in [0.15, 0.2) is 0 Å². The Bertz CT molecular complexity index is 376. The number of nitrogens with one attached hydrogen (secondary N) is 1. The van der Waals surface area contributed by atoms with Crippen LogP contribution in [0.1, 0.15) is 51.4 Å². The van der Waals surface area contributed by atoms with Crippen molar-refractivity contribution in [3.8, 4) is 0 Å². The van der Waals surface area contributed by atoms with Crippen molar-refractivity contribution in [3.63, 3.8) is 0 Å². The quantitative estimate of drug-likeness (QED) is 0.665. The van der Waals surface area contributed by atoms with Gasteiger partial charge >= 0.3 is 12.0 Å². The maximum atomic E-state index is 12.2. The van der Waals surface area contributed by atoms with Crippen molar-refractivity contribution in [1.29, 1.82) is 0 Å². The Kier molecular flexibility index (Phi) is 5.45. The zero-order chi connectivity index (χ0) is 15.3. The van der Waals surface area contributed by atoms with Crippen molar-refractivity contribution < 1.29 is 19.8 Å². The summed E-state index contributed by atoms with van der Waals surface area (Å²) in [4.78, 5) is 25.0. The molecular weight excluding hydrogens is 272 g/mol. The molecule has 3 N–H and O–H groups in total. The summed E-state index contributed by atoms with van der Waals surface area (Å²) in [5.41, 5.74) is -0.297. The maximum absolute atomic E-state index is 12.2. The average molecular weight is 298 g/mol. The number of nitrogens with zero attached hydrogens (tertiary/aromatic N) is 1. The lowest BCUT2D eigenvalue weighted by Crippen LogP contribution is -2.47. The van der Waals surface area contributed by atoms with Gasteiger partial charge in [0.05, 0.1) is 13.0 Å². The smallest absolute Gasteiger partial charge is 0.317 e. The van der Waals surface area contributed by atoms with E-state index in [-0.39, 0.29) is 30.5 Å². The number of amides is 2. The second-order valence-corrected chi connectivity index (χ2v) is 6.44. The molecule has 0 bridgehead atoms. The van der Waals surface area contributed by atoms with Crippen LogP contribution in [0.2, 0.25) is 0 Å². The zero-order valence-electron chi connectivity index (χ0n) is 12.5. The third kappa shape index (κ3) is 4.59. The molecule has 0 unspecified atom stereocenters. The summed E-state index contributed by atoms with van der Waals surface area (Å²) < 4.78 is 0. The van der Waals surface area contributed by atoms with Gasteiger partial charge in [-0.1, -0.05) is 19.3 Å². The molecule has 0 heterocycles. The number of carbonyl (C=O) groups excluding carboxylic acids is 1. The Morgan fingerprint density at radius 2 is 1.86 bits per heavy atom. The number of urea groups is 1. The average Bonchev–Trinajstić information content (AvgIpc) is 3.27. The predicted molar refractivity (Wildman–Crippen MR) is 78.0 cm³/mol. The summed E-state index contributed by atoms with van der Waals surface area (Å²) in [6.07, 6.45) is 7.05. The molecule has 6 nitrogen and oxygen atoms in total. The molecule has 2 aliphatic rings. The summed E-state index contributed by atoms with van der Waals surface area (Å²) in [7, 11) is 0. The van der Waals surface area contributed by atoms with Crippen LogP contribution in [0.3, 0.4) is 0 Å². The third-order valence-electron chi connectivity index (χ3n) is 4.64. The highest BCUT2D eigenvalue weighted by molar-refractivity contribution is 5.75. The highest BCUT2D eigenvalue weighted by Gasteiger charge is 2.37. The van der Waals surface area contributed by atoms with Gasteiger partial charge in [0, 0.05) is 19.1 Å². The minimum absolute atomic E-state index is 0.0375. The molecule has 0 aromatic heterocycles. The molecule has 2 saturated carbocycles. The van der Waals surface area contributed by atoms with E-state index in [0.717, 1.165) is 44.9 Å². The van der Waals surface area contributed by atoms with Gasteiger partial charge in [0.1, 0.15) is 0 Å². The van der Waals surface area contributed by atoms with Crippen LogP contribution in [0, 0.1) is 5.41 Å². The van der Waals surface area contributed by atoms with Crippen LogP contribution in [0.4, 0.5) is 4.79 Å². The highest BCUT2D eigenvalue weighted by Crippen LogP contribution is 2.39. The van der Waals surface area contributed by atoms with Crippen molar-refractivity contribution in [2.24, 2.45) is 5.41 Å². The maximum Gasteiger partial charge on any atom is 0.317 e. The number of carboxylic acids is 1. The largest absolute Gasteiger partial charge is 0.481 e. The molecule has 2 fully saturated rings. The van der Waals surface area contributed by atoms with Gasteiger partial charge in [-0.15, -0.1) is 0 Å². The number of rotatable bonds is 7. The second-order valence-electron chi connectivity index (χ2n) is 6.44. The molecule has 0 radical (unpaired) electrons. The Balaban J connectivity index is 1.90. The van der Waals surface area contributed by atoms with E-state index >= 15 is 0 Å². The van der Waals surface area contributed by atoms with E-state index < -0.39 is 5.97 Å². The lowest BCUT2D eigenvalue weighted by atomic mass is 9.72. The number of aliphatic hydroxyl groups excluding tert-OH is 1. The summed E-state index contributed by atoms with van der Waals surface area (Å²) in [6, 6.07) is 0.0841. The Morgan fingerprint density at radius 3 is 2.38 bits per heavy atom. The first kappa shape index (κ1) is 16.1. The van der Waals surface area contributed by atoms with Crippen LogP contribution in [-0.4, -0.2) is 52.9 Å². The second kappa shape index (κ2) is 7.11. The van der Waals surface area contributed by atoms with Crippen molar-refractivity contribution >= 4 is 12.0 Å². The summed E-state index contributed by atoms with van der Waals surface area (Å²) in [5.74, 6) is -0.791. The molecule has 2 aliphatic carbocycles. The summed E-state index contributed by atoms with van der Waals surface area (Å²) in [6.45, 7) is 0.736. The first-order valence-corrected chi connectivity index (χ1v) is 7.93. The molecule has 2 amide bonds. The number of hydrogen-bond donors (Lipinski definition) is 3. The number of carboxylic acid groups (broad SMARTS) is 1. The molecule has 0 aromatic carbocycles. The highest BCUT2D eigenvalue weighted by atomic mass is 16.4. The molecule has 0 saturated heterocycles. The molecule has 21 heavy (non-hydrogen) atoms. The normalized spacial score (nSPS) is 20.8. The van der Waals surface area contributed by atoms with E-state index in [1.165, 1.54) is 0 Å². The monoisotopic (exact) mass is 298 g/mol. The minimum Gasteiger partial charge on any atom is -0.481 e. The SMILES string of the molecule is O=C(O)CC1(CNC(=O)N(CCO)C2CC2)CCCCC1. The zero-order valence-corrected chi connectivity index (χ0v) is 12.5. The standard InChI is InChI=1S/C15H26N2O4/c18-9-8-17(12-4-5-12)14(21)16-11-15(10-13(19)20)6-2-1-3-7-15/h12,18H,1-11H2,(H,16,21)(H,19,20). The lowest BCUT2D eigenvalue weighted by molar-refractivity contribution is -0.140. The number of carbonyl (C=O) groups is 2. The Hall–Kier alpha value is -1.30. The molecular formula is C15H26N2O4.